The van der Waals surface area contributed by atoms with Crippen LogP contribution in [0.3, 0.4) is 0 Å². The van der Waals surface area contributed by atoms with Gasteiger partial charge >= 0.3 is 0 Å². The number of nitrogens with zero attached hydrogens (tertiary/aromatic N) is 5. The first-order valence-corrected chi connectivity index (χ1v) is 9.31. The highest BCUT2D eigenvalue weighted by Crippen LogP contribution is 2.20. The maximum Gasteiger partial charge on any atom is 0.241 e. The van der Waals surface area contributed by atoms with Crippen LogP contribution in [-0.4, -0.2) is 51.6 Å². The van der Waals surface area contributed by atoms with E-state index in [0.717, 1.165) is 5.56 Å². The largest absolute Gasteiger partial charge is 0.347 e. The van der Waals surface area contributed by atoms with Crippen LogP contribution in [0, 0.1) is 6.92 Å². The molecule has 0 saturated carbocycles. The Morgan fingerprint density at radius 3 is 2.08 bits per heavy atom. The summed E-state index contributed by atoms with van der Waals surface area (Å²) in [6.45, 7) is 1.75. The van der Waals surface area contributed by atoms with Crippen LogP contribution in [0.2, 0.25) is 5.02 Å². The summed E-state index contributed by atoms with van der Waals surface area (Å²) in [5, 5.41) is 0.396. The van der Waals surface area contributed by atoms with Crippen molar-refractivity contribution in [3.05, 3.63) is 34.6 Å². The average molecular weight is 385 g/mol. The number of nitrogens with one attached hydrogen (secondary N) is 1. The van der Waals surface area contributed by atoms with Gasteiger partial charge in [0.1, 0.15) is 0 Å². The maximum atomic E-state index is 12.4. The third-order valence-electron chi connectivity index (χ3n) is 3.33. The van der Waals surface area contributed by atoms with Crippen LogP contribution < -0.4 is 14.5 Å². The molecule has 0 bridgehead atoms. The number of sulfonamides is 1. The zero-order chi connectivity index (χ0) is 18.8. The lowest BCUT2D eigenvalue weighted by Crippen LogP contribution is -2.26. The number of hydrogen-bond donors (Lipinski definition) is 1. The molecule has 0 atom stereocenters. The number of benzene rings is 1. The molecule has 1 heterocycles. The molecule has 2 aromatic rings. The summed E-state index contributed by atoms with van der Waals surface area (Å²) >= 11 is 6.01. The van der Waals surface area contributed by atoms with E-state index in [4.69, 9.17) is 11.6 Å². The van der Waals surface area contributed by atoms with Crippen LogP contribution in [-0.2, 0) is 16.6 Å². The average Bonchev–Trinajstić information content (AvgIpc) is 2.55. The number of hydrogen-bond acceptors (Lipinski definition) is 7. The summed E-state index contributed by atoms with van der Waals surface area (Å²) in [5.41, 5.74) is 0.810. The van der Waals surface area contributed by atoms with Crippen molar-refractivity contribution in [2.75, 3.05) is 38.0 Å². The summed E-state index contributed by atoms with van der Waals surface area (Å²) in [6, 6.07) is 4.59. The van der Waals surface area contributed by atoms with Gasteiger partial charge in [-0.15, -0.1) is 0 Å². The molecule has 0 aliphatic heterocycles. The standard InChI is InChI=1S/C15H21ClN6O2S/c1-10-6-7-11(8-12(10)16)25(23,24)17-9-13-18-14(21(2)3)20-15(19-13)22(4)5/h6-8,17H,9H2,1-5H3. The Morgan fingerprint density at radius 1 is 1.04 bits per heavy atom. The van der Waals surface area contributed by atoms with E-state index in [1.807, 2.05) is 6.92 Å². The number of aromatic nitrogens is 3. The first-order chi connectivity index (χ1) is 11.6. The van der Waals surface area contributed by atoms with Crippen LogP contribution in [0.4, 0.5) is 11.9 Å². The van der Waals surface area contributed by atoms with E-state index in [1.165, 1.54) is 12.1 Å². The van der Waals surface area contributed by atoms with Gasteiger partial charge in [-0.2, -0.15) is 15.0 Å². The van der Waals surface area contributed by atoms with E-state index >= 15 is 0 Å². The first kappa shape index (κ1) is 19.4. The summed E-state index contributed by atoms with van der Waals surface area (Å²) in [7, 11) is 3.48. The fourth-order valence-corrected chi connectivity index (χ4v) is 3.11. The fourth-order valence-electron chi connectivity index (χ4n) is 1.86. The molecule has 10 heteroatoms. The molecule has 0 saturated heterocycles. The summed E-state index contributed by atoms with van der Waals surface area (Å²) in [6.07, 6.45) is 0. The van der Waals surface area contributed by atoms with Crippen LogP contribution in [0.1, 0.15) is 11.4 Å². The quantitative estimate of drug-likeness (QED) is 0.805. The molecule has 0 fully saturated rings. The van der Waals surface area contributed by atoms with Crippen LogP contribution in [0.25, 0.3) is 0 Å². The molecule has 0 unspecified atom stereocenters. The number of anilines is 2. The molecule has 1 N–H and O–H groups in total. The molecule has 0 spiro atoms. The van der Waals surface area contributed by atoms with Crippen LogP contribution >= 0.6 is 11.6 Å². The highest BCUT2D eigenvalue weighted by Gasteiger charge is 2.17. The van der Waals surface area contributed by atoms with Crippen molar-refractivity contribution in [3.8, 4) is 0 Å². The number of rotatable bonds is 6. The zero-order valence-electron chi connectivity index (χ0n) is 14.8. The van der Waals surface area contributed by atoms with Gasteiger partial charge in [-0.25, -0.2) is 13.1 Å². The molecule has 2 rings (SSSR count). The summed E-state index contributed by atoms with van der Waals surface area (Å²) < 4.78 is 27.4. The SMILES string of the molecule is Cc1ccc(S(=O)(=O)NCc2nc(N(C)C)nc(N(C)C)n2)cc1Cl. The molecule has 136 valence electrons. The molecule has 0 radical (unpaired) electrons. The Kier molecular flexibility index (Phi) is 5.81. The number of aryl methyl sites for hydroxylation is 1. The van der Waals surface area contributed by atoms with Crippen molar-refractivity contribution in [1.82, 2.24) is 19.7 Å². The Morgan fingerprint density at radius 2 is 1.60 bits per heavy atom. The van der Waals surface area contributed by atoms with Gasteiger partial charge in [-0.1, -0.05) is 17.7 Å². The van der Waals surface area contributed by atoms with Gasteiger partial charge < -0.3 is 9.80 Å². The zero-order valence-corrected chi connectivity index (χ0v) is 16.4. The highest BCUT2D eigenvalue weighted by molar-refractivity contribution is 7.89. The first-order valence-electron chi connectivity index (χ1n) is 7.45. The van der Waals surface area contributed by atoms with Crippen molar-refractivity contribution >= 4 is 33.5 Å². The Bertz CT molecular complexity index is 844. The van der Waals surface area contributed by atoms with E-state index in [2.05, 4.69) is 19.7 Å². The molecule has 0 aliphatic carbocycles. The van der Waals surface area contributed by atoms with E-state index in [-0.39, 0.29) is 11.4 Å². The normalized spacial score (nSPS) is 11.4. The van der Waals surface area contributed by atoms with Crippen LogP contribution in [0.15, 0.2) is 23.1 Å². The predicted molar refractivity (Wildman–Crippen MR) is 98.7 cm³/mol. The van der Waals surface area contributed by atoms with Crippen molar-refractivity contribution in [2.24, 2.45) is 0 Å². The minimum absolute atomic E-state index is 0.0575. The van der Waals surface area contributed by atoms with Crippen molar-refractivity contribution in [2.45, 2.75) is 18.4 Å². The smallest absolute Gasteiger partial charge is 0.241 e. The van der Waals surface area contributed by atoms with E-state index < -0.39 is 10.0 Å². The minimum atomic E-state index is -3.73. The van der Waals surface area contributed by atoms with Crippen LogP contribution in [0.5, 0.6) is 0 Å². The molecule has 0 aliphatic rings. The third-order valence-corrected chi connectivity index (χ3v) is 5.14. The molecule has 8 nitrogen and oxygen atoms in total. The van der Waals surface area contributed by atoms with Crippen molar-refractivity contribution in [1.29, 1.82) is 0 Å². The Labute approximate surface area is 152 Å². The molecule has 1 aromatic heterocycles. The van der Waals surface area contributed by atoms with Gasteiger partial charge in [0.25, 0.3) is 0 Å². The third kappa shape index (κ3) is 4.77. The second-order valence-corrected chi connectivity index (χ2v) is 8.05. The van der Waals surface area contributed by atoms with Gasteiger partial charge in [-0.05, 0) is 24.6 Å². The lowest BCUT2D eigenvalue weighted by Gasteiger charge is -2.16. The van der Waals surface area contributed by atoms with E-state index in [0.29, 0.717) is 22.7 Å². The topological polar surface area (TPSA) is 91.3 Å². The van der Waals surface area contributed by atoms with Gasteiger partial charge in [0.05, 0.1) is 11.4 Å². The van der Waals surface area contributed by atoms with Gasteiger partial charge in [-0.3, -0.25) is 0 Å². The molecular weight excluding hydrogens is 364 g/mol. The molecular formula is C15H21ClN6O2S. The fraction of sp³-hybridized carbons (Fsp3) is 0.400. The molecule has 0 amide bonds. The molecule has 25 heavy (non-hydrogen) atoms. The summed E-state index contributed by atoms with van der Waals surface area (Å²) in [4.78, 5) is 16.4. The predicted octanol–water partition coefficient (Wildman–Crippen LogP) is 1.44. The second-order valence-electron chi connectivity index (χ2n) is 5.88. The molecule has 1 aromatic carbocycles. The van der Waals surface area contributed by atoms with E-state index in [9.17, 15) is 8.42 Å². The van der Waals surface area contributed by atoms with E-state index in [1.54, 1.807) is 44.1 Å². The van der Waals surface area contributed by atoms with Crippen molar-refractivity contribution in [3.63, 3.8) is 0 Å². The van der Waals surface area contributed by atoms with Gasteiger partial charge in [0, 0.05) is 33.2 Å². The van der Waals surface area contributed by atoms with Crippen molar-refractivity contribution < 1.29 is 8.42 Å². The number of halogens is 1. The van der Waals surface area contributed by atoms with Gasteiger partial charge in [0.2, 0.25) is 21.9 Å². The Balaban J connectivity index is 2.26. The minimum Gasteiger partial charge on any atom is -0.347 e. The monoisotopic (exact) mass is 384 g/mol. The highest BCUT2D eigenvalue weighted by atomic mass is 35.5. The maximum absolute atomic E-state index is 12.4. The lowest BCUT2D eigenvalue weighted by molar-refractivity contribution is 0.579. The lowest BCUT2D eigenvalue weighted by atomic mass is 10.2. The second kappa shape index (κ2) is 7.51. The van der Waals surface area contributed by atoms with Gasteiger partial charge in [0.15, 0.2) is 5.82 Å². The summed E-state index contributed by atoms with van der Waals surface area (Å²) in [5.74, 6) is 1.22. The Hall–Kier alpha value is -1.97.